The normalized spacial score (nSPS) is 26.0. The van der Waals surface area contributed by atoms with Gasteiger partial charge in [-0.3, -0.25) is 0 Å². The molecule has 2 aliphatic rings. The van der Waals surface area contributed by atoms with Crippen molar-refractivity contribution in [2.75, 3.05) is 37.0 Å². The molecule has 1 saturated heterocycles. The maximum absolute atomic E-state index is 9.96. The molecule has 1 saturated carbocycles. The quantitative estimate of drug-likeness (QED) is 0.870. The van der Waals surface area contributed by atoms with Crippen LogP contribution >= 0.6 is 0 Å². The third kappa shape index (κ3) is 3.28. The molecule has 0 unspecified atom stereocenters. The van der Waals surface area contributed by atoms with E-state index in [0.29, 0.717) is 0 Å². The number of piperidine rings is 1. The summed E-state index contributed by atoms with van der Waals surface area (Å²) in [5.74, 6) is 2.50. The molecule has 0 bridgehead atoms. The van der Waals surface area contributed by atoms with Crippen molar-refractivity contribution in [2.45, 2.75) is 39.0 Å². The Morgan fingerprint density at radius 1 is 1.43 bits per heavy atom. The lowest BCUT2D eigenvalue weighted by Crippen LogP contribution is -2.46. The van der Waals surface area contributed by atoms with Gasteiger partial charge in [0, 0.05) is 37.3 Å². The lowest BCUT2D eigenvalue weighted by atomic mass is 9.76. The minimum Gasteiger partial charge on any atom is -0.396 e. The topological polar surface area (TPSA) is 61.3 Å². The molecule has 5 nitrogen and oxygen atoms in total. The maximum atomic E-state index is 9.96. The first-order valence-corrected chi connectivity index (χ1v) is 8.03. The van der Waals surface area contributed by atoms with E-state index in [9.17, 15) is 5.11 Å². The van der Waals surface area contributed by atoms with E-state index in [1.165, 1.54) is 12.8 Å². The SMILES string of the molecule is CNc1cc(C)nc(N2CCC[C@](CO)(CC3CC3)C2)n1. The highest BCUT2D eigenvalue weighted by Gasteiger charge is 2.40. The molecule has 1 atom stereocenters. The van der Waals surface area contributed by atoms with Crippen molar-refractivity contribution in [3.63, 3.8) is 0 Å². The second kappa shape index (κ2) is 5.79. The van der Waals surface area contributed by atoms with Crippen LogP contribution in [0.1, 0.15) is 37.8 Å². The Balaban J connectivity index is 1.79. The summed E-state index contributed by atoms with van der Waals surface area (Å²) < 4.78 is 0. The zero-order valence-corrected chi connectivity index (χ0v) is 13.1. The molecular formula is C16H26N4O. The number of anilines is 2. The van der Waals surface area contributed by atoms with Gasteiger partial charge in [0.15, 0.2) is 0 Å². The summed E-state index contributed by atoms with van der Waals surface area (Å²) in [6, 6.07) is 1.96. The molecule has 1 aliphatic heterocycles. The van der Waals surface area contributed by atoms with Crippen molar-refractivity contribution in [3.05, 3.63) is 11.8 Å². The molecule has 0 amide bonds. The van der Waals surface area contributed by atoms with Crippen molar-refractivity contribution in [2.24, 2.45) is 11.3 Å². The second-order valence-electron chi connectivity index (χ2n) is 6.78. The summed E-state index contributed by atoms with van der Waals surface area (Å²) in [5.41, 5.74) is 1.03. The van der Waals surface area contributed by atoms with Gasteiger partial charge in [-0.15, -0.1) is 0 Å². The largest absolute Gasteiger partial charge is 0.396 e. The van der Waals surface area contributed by atoms with E-state index in [2.05, 4.69) is 20.2 Å². The Kier molecular flexibility index (Phi) is 4.02. The number of nitrogens with zero attached hydrogens (tertiary/aromatic N) is 3. The minimum absolute atomic E-state index is 0.0479. The Labute approximate surface area is 126 Å². The second-order valence-corrected chi connectivity index (χ2v) is 6.78. The monoisotopic (exact) mass is 290 g/mol. The first kappa shape index (κ1) is 14.6. The van der Waals surface area contributed by atoms with E-state index >= 15 is 0 Å². The molecule has 0 aromatic carbocycles. The van der Waals surface area contributed by atoms with Crippen molar-refractivity contribution < 1.29 is 5.11 Å². The highest BCUT2D eigenvalue weighted by Crippen LogP contribution is 2.44. The number of aryl methyl sites for hydroxylation is 1. The lowest BCUT2D eigenvalue weighted by molar-refractivity contribution is 0.0899. The predicted molar refractivity (Wildman–Crippen MR) is 84.6 cm³/mol. The van der Waals surface area contributed by atoms with Crippen LogP contribution in [-0.2, 0) is 0 Å². The third-order valence-electron chi connectivity index (χ3n) is 4.80. The predicted octanol–water partition coefficient (Wildman–Crippen LogP) is 2.21. The van der Waals surface area contributed by atoms with E-state index in [1.807, 2.05) is 20.0 Å². The van der Waals surface area contributed by atoms with E-state index in [-0.39, 0.29) is 12.0 Å². The van der Waals surface area contributed by atoms with Gasteiger partial charge in [0.2, 0.25) is 5.95 Å². The molecule has 1 aliphatic carbocycles. The van der Waals surface area contributed by atoms with Crippen LogP contribution in [0.3, 0.4) is 0 Å². The van der Waals surface area contributed by atoms with Gasteiger partial charge in [0.25, 0.3) is 0 Å². The van der Waals surface area contributed by atoms with Crippen molar-refractivity contribution >= 4 is 11.8 Å². The van der Waals surface area contributed by atoms with Gasteiger partial charge in [-0.2, -0.15) is 4.98 Å². The number of aliphatic hydroxyl groups excluding tert-OH is 1. The van der Waals surface area contributed by atoms with E-state index < -0.39 is 0 Å². The molecule has 3 rings (SSSR count). The fourth-order valence-electron chi connectivity index (χ4n) is 3.50. The van der Waals surface area contributed by atoms with E-state index in [4.69, 9.17) is 0 Å². The molecular weight excluding hydrogens is 264 g/mol. The number of hydrogen-bond acceptors (Lipinski definition) is 5. The minimum atomic E-state index is 0.0479. The van der Waals surface area contributed by atoms with Crippen LogP contribution in [-0.4, -0.2) is 41.8 Å². The van der Waals surface area contributed by atoms with Gasteiger partial charge >= 0.3 is 0 Å². The molecule has 0 spiro atoms. The van der Waals surface area contributed by atoms with E-state index in [1.54, 1.807) is 0 Å². The van der Waals surface area contributed by atoms with Crippen LogP contribution in [0.15, 0.2) is 6.07 Å². The summed E-state index contributed by atoms with van der Waals surface area (Å²) in [7, 11) is 1.88. The standard InChI is InChI=1S/C16H26N4O/c1-12-8-14(17-2)19-15(18-12)20-7-3-6-16(10-20,11-21)9-13-4-5-13/h8,13,21H,3-7,9-11H2,1-2H3,(H,17,18,19)/t16-/m0/s1. The van der Waals surface area contributed by atoms with Gasteiger partial charge in [-0.1, -0.05) is 12.8 Å². The summed E-state index contributed by atoms with van der Waals surface area (Å²) in [5, 5.41) is 13.1. The first-order chi connectivity index (χ1) is 10.1. The summed E-state index contributed by atoms with van der Waals surface area (Å²) in [6.45, 7) is 4.15. The molecule has 2 fully saturated rings. The van der Waals surface area contributed by atoms with Crippen LogP contribution in [0.2, 0.25) is 0 Å². The fraction of sp³-hybridized carbons (Fsp3) is 0.750. The number of aromatic nitrogens is 2. The van der Waals surface area contributed by atoms with Gasteiger partial charge in [-0.25, -0.2) is 4.98 Å². The zero-order valence-electron chi connectivity index (χ0n) is 13.1. The smallest absolute Gasteiger partial charge is 0.227 e. The van der Waals surface area contributed by atoms with Crippen LogP contribution < -0.4 is 10.2 Å². The number of nitrogens with one attached hydrogen (secondary N) is 1. The Morgan fingerprint density at radius 2 is 2.24 bits per heavy atom. The Bertz CT molecular complexity index is 503. The first-order valence-electron chi connectivity index (χ1n) is 8.03. The van der Waals surface area contributed by atoms with E-state index in [0.717, 1.165) is 55.7 Å². The van der Waals surface area contributed by atoms with Crippen molar-refractivity contribution in [3.8, 4) is 0 Å². The molecule has 2 N–H and O–H groups in total. The Hall–Kier alpha value is -1.36. The van der Waals surface area contributed by atoms with Crippen LogP contribution in [0.25, 0.3) is 0 Å². The highest BCUT2D eigenvalue weighted by molar-refractivity contribution is 5.43. The summed E-state index contributed by atoms with van der Waals surface area (Å²) >= 11 is 0. The summed E-state index contributed by atoms with van der Waals surface area (Å²) in [6.07, 6.45) is 6.07. The maximum Gasteiger partial charge on any atom is 0.227 e. The van der Waals surface area contributed by atoms with Gasteiger partial charge in [0.05, 0.1) is 6.61 Å². The molecule has 2 heterocycles. The third-order valence-corrected chi connectivity index (χ3v) is 4.80. The summed E-state index contributed by atoms with van der Waals surface area (Å²) in [4.78, 5) is 11.4. The number of hydrogen-bond donors (Lipinski definition) is 2. The highest BCUT2D eigenvalue weighted by atomic mass is 16.3. The van der Waals surface area contributed by atoms with Crippen LogP contribution in [0.5, 0.6) is 0 Å². The average Bonchev–Trinajstić information content (AvgIpc) is 3.30. The van der Waals surface area contributed by atoms with Crippen LogP contribution in [0.4, 0.5) is 11.8 Å². The molecule has 116 valence electrons. The van der Waals surface area contributed by atoms with Gasteiger partial charge in [0.1, 0.15) is 5.82 Å². The zero-order chi connectivity index (χ0) is 14.9. The fourth-order valence-corrected chi connectivity index (χ4v) is 3.50. The molecule has 1 aromatic rings. The van der Waals surface area contributed by atoms with Crippen molar-refractivity contribution in [1.82, 2.24) is 9.97 Å². The number of aliphatic hydroxyl groups is 1. The lowest BCUT2D eigenvalue weighted by Gasteiger charge is -2.42. The average molecular weight is 290 g/mol. The molecule has 5 heteroatoms. The molecule has 21 heavy (non-hydrogen) atoms. The van der Waals surface area contributed by atoms with Crippen molar-refractivity contribution in [1.29, 1.82) is 0 Å². The molecule has 0 radical (unpaired) electrons. The van der Waals surface area contributed by atoms with Gasteiger partial charge in [-0.05, 0) is 32.1 Å². The Morgan fingerprint density at radius 3 is 2.90 bits per heavy atom. The number of rotatable bonds is 5. The molecule has 1 aromatic heterocycles. The van der Waals surface area contributed by atoms with Gasteiger partial charge < -0.3 is 15.3 Å². The van der Waals surface area contributed by atoms with Crippen LogP contribution in [0, 0.1) is 18.3 Å².